The Bertz CT molecular complexity index is 731. The molecule has 1 aliphatic rings. The third-order valence-electron chi connectivity index (χ3n) is 4.16. The molecule has 2 rings (SSSR count). The maximum atomic E-state index is 12.4. The van der Waals surface area contributed by atoms with E-state index in [4.69, 9.17) is 14.2 Å². The van der Waals surface area contributed by atoms with Crippen LogP contribution < -0.4 is 15.4 Å². The molecule has 0 aliphatic carbocycles. The Morgan fingerprint density at radius 1 is 1.11 bits per heavy atom. The molecule has 28 heavy (non-hydrogen) atoms. The van der Waals surface area contributed by atoms with Gasteiger partial charge in [0, 0.05) is 0 Å². The van der Waals surface area contributed by atoms with Gasteiger partial charge in [-0.15, -0.1) is 0 Å². The van der Waals surface area contributed by atoms with E-state index in [1.54, 1.807) is 38.1 Å². The second-order valence-electron chi connectivity index (χ2n) is 6.11. The molecule has 2 amide bonds. The summed E-state index contributed by atoms with van der Waals surface area (Å²) < 4.78 is 16.1. The van der Waals surface area contributed by atoms with Crippen molar-refractivity contribution in [1.82, 2.24) is 10.6 Å². The molecular weight excluding hydrogens is 364 g/mol. The summed E-state index contributed by atoms with van der Waals surface area (Å²) in [5.74, 6) is -0.581. The number of rotatable bonds is 9. The number of ether oxygens (including phenoxy) is 3. The molecule has 1 aromatic rings. The van der Waals surface area contributed by atoms with Gasteiger partial charge in [0.1, 0.15) is 12.4 Å². The van der Waals surface area contributed by atoms with Crippen molar-refractivity contribution in [3.63, 3.8) is 0 Å². The number of nitrogens with one attached hydrogen (secondary N) is 2. The summed E-state index contributed by atoms with van der Waals surface area (Å²) in [6.45, 7) is 5.27. The standard InChI is InChI=1S/C20H26N2O6/c1-4-14-17(19(24)26-6-3)15(22-20(25)21-14)12-27-18(23)16(5-2)28-13-10-8-7-9-11-13/h7-11,14,16H,4-6,12H2,1-3H3,(H2,21,22,25)/t14-,16+/m1/s1. The van der Waals surface area contributed by atoms with E-state index in [1.165, 1.54) is 0 Å². The highest BCUT2D eigenvalue weighted by atomic mass is 16.6. The Labute approximate surface area is 164 Å². The van der Waals surface area contributed by atoms with E-state index >= 15 is 0 Å². The molecule has 152 valence electrons. The molecule has 0 bridgehead atoms. The van der Waals surface area contributed by atoms with Gasteiger partial charge in [-0.3, -0.25) is 0 Å². The van der Waals surface area contributed by atoms with Crippen molar-refractivity contribution in [2.24, 2.45) is 0 Å². The van der Waals surface area contributed by atoms with Crippen molar-refractivity contribution in [1.29, 1.82) is 0 Å². The Morgan fingerprint density at radius 2 is 1.82 bits per heavy atom. The minimum absolute atomic E-state index is 0.197. The lowest BCUT2D eigenvalue weighted by Crippen LogP contribution is -2.51. The molecule has 0 radical (unpaired) electrons. The van der Waals surface area contributed by atoms with E-state index in [-0.39, 0.29) is 24.5 Å². The van der Waals surface area contributed by atoms with Crippen LogP contribution in [0.2, 0.25) is 0 Å². The molecule has 2 atom stereocenters. The van der Waals surface area contributed by atoms with Gasteiger partial charge in [0.2, 0.25) is 0 Å². The summed E-state index contributed by atoms with van der Waals surface area (Å²) in [7, 11) is 0. The molecule has 1 aromatic carbocycles. The molecule has 2 N–H and O–H groups in total. The monoisotopic (exact) mass is 390 g/mol. The first-order valence-corrected chi connectivity index (χ1v) is 9.36. The maximum Gasteiger partial charge on any atom is 0.347 e. The van der Waals surface area contributed by atoms with Gasteiger partial charge in [-0.1, -0.05) is 32.0 Å². The number of esters is 2. The maximum absolute atomic E-state index is 12.4. The lowest BCUT2D eigenvalue weighted by Gasteiger charge is -2.28. The molecule has 0 fully saturated rings. The van der Waals surface area contributed by atoms with E-state index in [1.807, 2.05) is 13.0 Å². The molecule has 1 aliphatic heterocycles. The van der Waals surface area contributed by atoms with E-state index in [2.05, 4.69) is 10.6 Å². The number of amides is 2. The number of para-hydroxylation sites is 1. The Morgan fingerprint density at radius 3 is 2.43 bits per heavy atom. The quantitative estimate of drug-likeness (QED) is 0.627. The fraction of sp³-hybridized carbons (Fsp3) is 0.450. The number of benzene rings is 1. The summed E-state index contributed by atoms with van der Waals surface area (Å²) in [6.07, 6.45) is 0.102. The van der Waals surface area contributed by atoms with Crippen LogP contribution >= 0.6 is 0 Å². The highest BCUT2D eigenvalue weighted by Crippen LogP contribution is 2.18. The van der Waals surface area contributed by atoms with Crippen molar-refractivity contribution in [3.8, 4) is 5.75 Å². The first-order chi connectivity index (χ1) is 13.5. The lowest BCUT2D eigenvalue weighted by atomic mass is 10.0. The largest absolute Gasteiger partial charge is 0.479 e. The van der Waals surface area contributed by atoms with Crippen LogP contribution in [0, 0.1) is 0 Å². The Hall–Kier alpha value is -3.03. The predicted molar refractivity (Wildman–Crippen MR) is 102 cm³/mol. The van der Waals surface area contributed by atoms with Gasteiger partial charge in [0.15, 0.2) is 6.10 Å². The summed E-state index contributed by atoms with van der Waals surface area (Å²) >= 11 is 0. The van der Waals surface area contributed by atoms with E-state index in [0.717, 1.165) is 0 Å². The van der Waals surface area contributed by atoms with Crippen LogP contribution in [-0.2, 0) is 19.1 Å². The predicted octanol–water partition coefficient (Wildman–Crippen LogP) is 2.30. The third-order valence-corrected chi connectivity index (χ3v) is 4.16. The molecule has 0 saturated carbocycles. The zero-order valence-electron chi connectivity index (χ0n) is 16.3. The number of carbonyl (C=O) groups is 3. The molecule has 8 nitrogen and oxygen atoms in total. The van der Waals surface area contributed by atoms with Crippen LogP contribution in [0.4, 0.5) is 4.79 Å². The van der Waals surface area contributed by atoms with Gasteiger partial charge in [-0.25, -0.2) is 14.4 Å². The third kappa shape index (κ3) is 5.48. The molecule has 0 unspecified atom stereocenters. The van der Waals surface area contributed by atoms with Crippen molar-refractivity contribution in [2.75, 3.05) is 13.2 Å². The summed E-state index contributed by atoms with van der Waals surface area (Å²) in [5, 5.41) is 5.21. The topological polar surface area (TPSA) is 103 Å². The first-order valence-electron chi connectivity index (χ1n) is 9.36. The summed E-state index contributed by atoms with van der Waals surface area (Å²) in [5.41, 5.74) is 0.478. The van der Waals surface area contributed by atoms with E-state index in [0.29, 0.717) is 18.6 Å². The van der Waals surface area contributed by atoms with Gasteiger partial charge in [-0.05, 0) is 31.9 Å². The smallest absolute Gasteiger partial charge is 0.347 e. The molecule has 0 saturated heterocycles. The van der Waals surface area contributed by atoms with Crippen molar-refractivity contribution >= 4 is 18.0 Å². The first kappa shape index (κ1) is 21.3. The second-order valence-corrected chi connectivity index (χ2v) is 6.11. The minimum atomic E-state index is -0.798. The minimum Gasteiger partial charge on any atom is -0.479 e. The second kappa shape index (κ2) is 10.3. The number of hydrogen-bond donors (Lipinski definition) is 2. The Balaban J connectivity index is 2.12. The molecule has 8 heteroatoms. The zero-order valence-corrected chi connectivity index (χ0v) is 16.3. The average Bonchev–Trinajstić information content (AvgIpc) is 2.70. The molecule has 1 heterocycles. The van der Waals surface area contributed by atoms with Gasteiger partial charge in [-0.2, -0.15) is 0 Å². The Kier molecular flexibility index (Phi) is 7.86. The van der Waals surface area contributed by atoms with Gasteiger partial charge >= 0.3 is 18.0 Å². The molecular formula is C20H26N2O6. The van der Waals surface area contributed by atoms with Crippen LogP contribution in [-0.4, -0.2) is 43.3 Å². The fourth-order valence-corrected chi connectivity index (χ4v) is 2.77. The normalized spacial score (nSPS) is 17.2. The van der Waals surface area contributed by atoms with Gasteiger partial charge < -0.3 is 24.8 Å². The van der Waals surface area contributed by atoms with Gasteiger partial charge in [0.25, 0.3) is 0 Å². The van der Waals surface area contributed by atoms with Crippen LogP contribution in [0.15, 0.2) is 41.6 Å². The summed E-state index contributed by atoms with van der Waals surface area (Å²) in [6, 6.07) is 7.98. The van der Waals surface area contributed by atoms with Crippen molar-refractivity contribution in [3.05, 3.63) is 41.6 Å². The fourth-order valence-electron chi connectivity index (χ4n) is 2.77. The molecule has 0 spiro atoms. The van der Waals surface area contributed by atoms with Crippen molar-refractivity contribution < 1.29 is 28.6 Å². The van der Waals surface area contributed by atoms with Crippen molar-refractivity contribution in [2.45, 2.75) is 45.8 Å². The lowest BCUT2D eigenvalue weighted by molar-refractivity contribution is -0.151. The van der Waals surface area contributed by atoms with Gasteiger partial charge in [0.05, 0.1) is 23.9 Å². The van der Waals surface area contributed by atoms with Crippen LogP contribution in [0.3, 0.4) is 0 Å². The van der Waals surface area contributed by atoms with E-state index in [9.17, 15) is 14.4 Å². The van der Waals surface area contributed by atoms with E-state index < -0.39 is 30.1 Å². The average molecular weight is 390 g/mol. The number of urea groups is 1. The highest BCUT2D eigenvalue weighted by Gasteiger charge is 2.32. The van der Waals surface area contributed by atoms with Crippen LogP contribution in [0.25, 0.3) is 0 Å². The molecule has 0 aromatic heterocycles. The van der Waals surface area contributed by atoms with Crippen LogP contribution in [0.1, 0.15) is 33.6 Å². The highest BCUT2D eigenvalue weighted by molar-refractivity contribution is 5.95. The SMILES string of the molecule is CCOC(=O)C1=C(COC(=O)[C@H](CC)Oc2ccccc2)NC(=O)N[C@@H]1CC. The number of carbonyl (C=O) groups excluding carboxylic acids is 3. The van der Waals surface area contributed by atoms with Crippen LogP contribution in [0.5, 0.6) is 5.75 Å². The number of hydrogen-bond acceptors (Lipinski definition) is 6. The zero-order chi connectivity index (χ0) is 20.5. The summed E-state index contributed by atoms with van der Waals surface area (Å²) in [4.78, 5) is 36.6.